The molecular weight excluding hydrogens is 220 g/mol. The molecule has 4 heteroatoms. The Labute approximate surface area is 100 Å². The summed E-state index contributed by atoms with van der Waals surface area (Å²) in [4.78, 5) is 11.5. The molecule has 0 aromatic heterocycles. The van der Waals surface area contributed by atoms with Gasteiger partial charge in [0.25, 0.3) is 0 Å². The molecule has 0 radical (unpaired) electrons. The first kappa shape index (κ1) is 11.8. The van der Waals surface area contributed by atoms with E-state index in [1.807, 2.05) is 12.1 Å². The predicted octanol–water partition coefficient (Wildman–Crippen LogP) is 2.16. The van der Waals surface area contributed by atoms with Crippen LogP contribution in [0, 0.1) is 0 Å². The SMILES string of the molecule is COc1ccc(C2CCC2=O)c(OC)c1OC. The van der Waals surface area contributed by atoms with Crippen LogP contribution in [0.15, 0.2) is 12.1 Å². The summed E-state index contributed by atoms with van der Waals surface area (Å²) < 4.78 is 15.9. The minimum atomic E-state index is -0.0512. The third-order valence-electron chi connectivity index (χ3n) is 3.18. The predicted molar refractivity (Wildman–Crippen MR) is 63.1 cm³/mol. The fourth-order valence-electron chi connectivity index (χ4n) is 2.13. The molecular formula is C13H16O4. The summed E-state index contributed by atoms with van der Waals surface area (Å²) in [5.41, 5.74) is 0.890. The van der Waals surface area contributed by atoms with Gasteiger partial charge >= 0.3 is 0 Å². The standard InChI is InChI=1S/C13H16O4/c1-15-11-7-5-9(8-4-6-10(8)14)12(16-2)13(11)17-3/h5,7-8H,4,6H2,1-3H3. The second-order valence-corrected chi connectivity index (χ2v) is 3.98. The molecule has 1 aromatic carbocycles. The Balaban J connectivity index is 2.49. The summed E-state index contributed by atoms with van der Waals surface area (Å²) in [5.74, 6) is 1.97. The van der Waals surface area contributed by atoms with Crippen molar-refractivity contribution in [2.24, 2.45) is 0 Å². The number of methoxy groups -OCH3 is 3. The van der Waals surface area contributed by atoms with Crippen molar-refractivity contribution in [3.8, 4) is 17.2 Å². The van der Waals surface area contributed by atoms with E-state index in [0.717, 1.165) is 12.0 Å². The number of carbonyl (C=O) groups is 1. The molecule has 0 amide bonds. The molecule has 0 bridgehead atoms. The lowest BCUT2D eigenvalue weighted by atomic mass is 9.78. The van der Waals surface area contributed by atoms with Gasteiger partial charge in [-0.1, -0.05) is 6.07 Å². The Hall–Kier alpha value is -1.71. The van der Waals surface area contributed by atoms with Crippen molar-refractivity contribution < 1.29 is 19.0 Å². The van der Waals surface area contributed by atoms with Crippen LogP contribution in [0.1, 0.15) is 24.3 Å². The van der Waals surface area contributed by atoms with E-state index in [1.165, 1.54) is 0 Å². The highest BCUT2D eigenvalue weighted by molar-refractivity contribution is 5.92. The van der Waals surface area contributed by atoms with Crippen molar-refractivity contribution in [2.75, 3.05) is 21.3 Å². The number of carbonyl (C=O) groups excluding carboxylic acids is 1. The molecule has 92 valence electrons. The highest BCUT2D eigenvalue weighted by Gasteiger charge is 2.33. The van der Waals surface area contributed by atoms with Gasteiger partial charge in [-0.25, -0.2) is 0 Å². The molecule has 17 heavy (non-hydrogen) atoms. The van der Waals surface area contributed by atoms with E-state index in [9.17, 15) is 4.79 Å². The van der Waals surface area contributed by atoms with Crippen molar-refractivity contribution in [2.45, 2.75) is 18.8 Å². The van der Waals surface area contributed by atoms with Crippen LogP contribution < -0.4 is 14.2 Å². The molecule has 0 saturated heterocycles. The first-order valence-electron chi connectivity index (χ1n) is 5.54. The van der Waals surface area contributed by atoms with Crippen LogP contribution in [0.4, 0.5) is 0 Å². The lowest BCUT2D eigenvalue weighted by molar-refractivity contribution is -0.125. The van der Waals surface area contributed by atoms with Gasteiger partial charge in [0, 0.05) is 17.9 Å². The van der Waals surface area contributed by atoms with Crippen LogP contribution in [0.2, 0.25) is 0 Å². The van der Waals surface area contributed by atoms with Crippen LogP contribution in [0.25, 0.3) is 0 Å². The number of hydrogen-bond donors (Lipinski definition) is 0. The molecule has 2 rings (SSSR count). The summed E-state index contributed by atoms with van der Waals surface area (Å²) in [5, 5.41) is 0. The monoisotopic (exact) mass is 236 g/mol. The quantitative estimate of drug-likeness (QED) is 0.803. The minimum Gasteiger partial charge on any atom is -0.493 e. The molecule has 4 nitrogen and oxygen atoms in total. The van der Waals surface area contributed by atoms with Gasteiger partial charge < -0.3 is 14.2 Å². The summed E-state index contributed by atoms with van der Waals surface area (Å²) in [6.45, 7) is 0. The van der Waals surface area contributed by atoms with Crippen molar-refractivity contribution >= 4 is 5.78 Å². The molecule has 1 aromatic rings. The molecule has 1 saturated carbocycles. The Kier molecular flexibility index (Phi) is 3.22. The zero-order chi connectivity index (χ0) is 12.4. The molecule has 1 atom stereocenters. The number of ketones is 1. The smallest absolute Gasteiger partial charge is 0.203 e. The number of hydrogen-bond acceptors (Lipinski definition) is 4. The molecule has 1 fully saturated rings. The van der Waals surface area contributed by atoms with Gasteiger partial charge in [-0.15, -0.1) is 0 Å². The number of benzene rings is 1. The zero-order valence-electron chi connectivity index (χ0n) is 10.3. The Morgan fingerprint density at radius 3 is 2.18 bits per heavy atom. The van der Waals surface area contributed by atoms with E-state index in [1.54, 1.807) is 21.3 Å². The topological polar surface area (TPSA) is 44.8 Å². The molecule has 0 heterocycles. The normalized spacial score (nSPS) is 18.5. The van der Waals surface area contributed by atoms with Crippen LogP contribution >= 0.6 is 0 Å². The first-order valence-corrected chi connectivity index (χ1v) is 5.54. The van der Waals surface area contributed by atoms with Crippen molar-refractivity contribution in [1.29, 1.82) is 0 Å². The second-order valence-electron chi connectivity index (χ2n) is 3.98. The lowest BCUT2D eigenvalue weighted by Gasteiger charge is -2.27. The summed E-state index contributed by atoms with van der Waals surface area (Å²) in [6.07, 6.45) is 1.53. The second kappa shape index (κ2) is 4.65. The minimum absolute atomic E-state index is 0.0512. The van der Waals surface area contributed by atoms with Crippen LogP contribution in [-0.2, 0) is 4.79 Å². The zero-order valence-corrected chi connectivity index (χ0v) is 10.3. The average Bonchev–Trinajstić information content (AvgIpc) is 2.36. The number of Topliss-reactive ketones (excluding diaryl/α,β-unsaturated/α-hetero) is 1. The van der Waals surface area contributed by atoms with E-state index in [-0.39, 0.29) is 11.7 Å². The highest BCUT2D eigenvalue weighted by atomic mass is 16.5. The van der Waals surface area contributed by atoms with E-state index >= 15 is 0 Å². The maximum atomic E-state index is 11.5. The Morgan fingerprint density at radius 2 is 1.76 bits per heavy atom. The van der Waals surface area contributed by atoms with Crippen molar-refractivity contribution in [3.63, 3.8) is 0 Å². The van der Waals surface area contributed by atoms with Crippen molar-refractivity contribution in [1.82, 2.24) is 0 Å². The molecule has 1 aliphatic rings. The maximum Gasteiger partial charge on any atom is 0.203 e. The molecule has 1 aliphatic carbocycles. The number of ether oxygens (including phenoxy) is 3. The van der Waals surface area contributed by atoms with E-state index in [4.69, 9.17) is 14.2 Å². The van der Waals surface area contributed by atoms with Crippen LogP contribution in [0.3, 0.4) is 0 Å². The van der Waals surface area contributed by atoms with E-state index in [0.29, 0.717) is 23.7 Å². The fraction of sp³-hybridized carbons (Fsp3) is 0.462. The lowest BCUT2D eigenvalue weighted by Crippen LogP contribution is -2.23. The van der Waals surface area contributed by atoms with Crippen molar-refractivity contribution in [3.05, 3.63) is 17.7 Å². The van der Waals surface area contributed by atoms with Crippen LogP contribution in [-0.4, -0.2) is 27.1 Å². The van der Waals surface area contributed by atoms with Crippen LogP contribution in [0.5, 0.6) is 17.2 Å². The number of rotatable bonds is 4. The largest absolute Gasteiger partial charge is 0.493 e. The van der Waals surface area contributed by atoms with Gasteiger partial charge in [-0.05, 0) is 12.5 Å². The van der Waals surface area contributed by atoms with E-state index in [2.05, 4.69) is 0 Å². The molecule has 1 unspecified atom stereocenters. The first-order chi connectivity index (χ1) is 8.22. The van der Waals surface area contributed by atoms with E-state index < -0.39 is 0 Å². The summed E-state index contributed by atoms with van der Waals surface area (Å²) in [7, 11) is 4.71. The van der Waals surface area contributed by atoms with Gasteiger partial charge in [0.15, 0.2) is 11.5 Å². The third-order valence-corrected chi connectivity index (χ3v) is 3.18. The summed E-state index contributed by atoms with van der Waals surface area (Å²) in [6, 6.07) is 3.68. The summed E-state index contributed by atoms with van der Waals surface area (Å²) >= 11 is 0. The molecule has 0 spiro atoms. The molecule has 0 N–H and O–H groups in total. The Morgan fingerprint density at radius 1 is 1.06 bits per heavy atom. The third kappa shape index (κ3) is 1.84. The van der Waals surface area contributed by atoms with Gasteiger partial charge in [0.2, 0.25) is 5.75 Å². The Bertz CT molecular complexity index is 439. The van der Waals surface area contributed by atoms with Gasteiger partial charge in [-0.2, -0.15) is 0 Å². The van der Waals surface area contributed by atoms with Gasteiger partial charge in [0.05, 0.1) is 21.3 Å². The fourth-order valence-corrected chi connectivity index (χ4v) is 2.13. The van der Waals surface area contributed by atoms with Gasteiger partial charge in [-0.3, -0.25) is 4.79 Å². The average molecular weight is 236 g/mol. The molecule has 0 aliphatic heterocycles. The van der Waals surface area contributed by atoms with Gasteiger partial charge in [0.1, 0.15) is 5.78 Å². The highest BCUT2D eigenvalue weighted by Crippen LogP contribution is 2.46. The maximum absolute atomic E-state index is 11.5.